The molecular weight excluding hydrogens is 1000 g/mol. The van der Waals surface area contributed by atoms with Gasteiger partial charge in [-0.3, -0.25) is 0 Å². The van der Waals surface area contributed by atoms with Gasteiger partial charge in [-0.05, 0) is 244 Å². The predicted molar refractivity (Wildman–Crippen MR) is 354 cm³/mol. The van der Waals surface area contributed by atoms with Crippen LogP contribution in [0.1, 0.15) is 232 Å². The fourth-order valence-electron chi connectivity index (χ4n) is 17.6. The van der Waals surface area contributed by atoms with E-state index in [1.165, 1.54) is 141 Å². The minimum Gasteiger partial charge on any atom is -0.468 e. The number of benzene rings is 7. The lowest BCUT2D eigenvalue weighted by molar-refractivity contribution is 0.332. The van der Waals surface area contributed by atoms with Crippen molar-refractivity contribution in [2.45, 2.75) is 225 Å². The van der Waals surface area contributed by atoms with Gasteiger partial charge in [0.2, 0.25) is 0 Å². The van der Waals surface area contributed by atoms with Crippen LogP contribution in [0.2, 0.25) is 0 Å². The van der Waals surface area contributed by atoms with Gasteiger partial charge >= 0.3 is 0 Å². The molecule has 0 fully saturated rings. The molecule has 1 aromatic heterocycles. The Bertz CT molecular complexity index is 4160. The molecule has 2 aliphatic heterocycles. The van der Waals surface area contributed by atoms with Gasteiger partial charge in [0.25, 0.3) is 6.71 Å². The number of hydrogen-bond donors (Lipinski definition) is 0. The molecule has 5 aliphatic carbocycles. The van der Waals surface area contributed by atoms with Crippen LogP contribution in [0.25, 0.3) is 33.2 Å². The van der Waals surface area contributed by atoms with Gasteiger partial charge in [-0.1, -0.05) is 179 Å². The summed E-state index contributed by atoms with van der Waals surface area (Å²) in [4.78, 5) is 5.46. The number of fused-ring (bicyclic) bond motifs is 13. The topological polar surface area (TPSA) is 19.6 Å². The molecule has 3 heterocycles. The zero-order chi connectivity index (χ0) is 58.5. The predicted octanol–water partition coefficient (Wildman–Crippen LogP) is 19.9. The Morgan fingerprint density at radius 3 is 1.35 bits per heavy atom. The summed E-state index contributed by atoms with van der Waals surface area (Å²) in [7, 11) is 0. The van der Waals surface area contributed by atoms with E-state index in [0.29, 0.717) is 0 Å². The molecule has 0 saturated carbocycles. The molecule has 7 aromatic carbocycles. The van der Waals surface area contributed by atoms with E-state index in [2.05, 4.69) is 250 Å². The van der Waals surface area contributed by atoms with E-state index < -0.39 is 0 Å². The van der Waals surface area contributed by atoms with Crippen molar-refractivity contribution in [1.29, 1.82) is 0 Å². The molecule has 0 spiro atoms. The highest BCUT2D eigenvalue weighted by molar-refractivity contribution is 7.00. The third-order valence-corrected chi connectivity index (χ3v) is 23.7. The summed E-state index contributed by atoms with van der Waals surface area (Å²) in [5.41, 5.74) is 32.0. The maximum atomic E-state index is 7.92. The molecule has 0 atom stereocenters. The standard InChI is InChI=1S/C79H89BN2O/c1-71(2)29-31-73(5,6)57-40-48(24-27-54(57)71)81-64-44-61-60(76(11,12)34-35-77(61,13)14)43-63(64)80-68-65(81)38-47(46-23-26-51-50-21-19-20-22-53(50)79(17,18)56(51)37-46)39-66(68)82(49-25-28-55-58(41-49)74(7,8)32-30-72(55,3)4)69-52-42-59-62(45-67(52)83-70(69)80)78(15,16)36-33-75(59,9)10/h19-28,37-45H,29-36H2,1-18H3. The number of rotatable bonds is 3. The van der Waals surface area contributed by atoms with Crippen molar-refractivity contribution in [2.75, 3.05) is 9.80 Å². The van der Waals surface area contributed by atoms with E-state index in [-0.39, 0.29) is 55.4 Å². The Kier molecular flexibility index (Phi) is 10.7. The summed E-state index contributed by atoms with van der Waals surface area (Å²) < 4.78 is 7.92. The maximum Gasteiger partial charge on any atom is 0.297 e. The highest BCUT2D eigenvalue weighted by Crippen LogP contribution is 2.58. The Hall–Kier alpha value is -6.26. The lowest BCUT2D eigenvalue weighted by atomic mass is 9.35. The van der Waals surface area contributed by atoms with Gasteiger partial charge < -0.3 is 14.2 Å². The first-order valence-electron chi connectivity index (χ1n) is 31.9. The molecule has 0 saturated heterocycles. The van der Waals surface area contributed by atoms with Gasteiger partial charge in [0.05, 0.1) is 11.3 Å². The van der Waals surface area contributed by atoms with E-state index in [1.807, 2.05) is 0 Å². The number of furan rings is 1. The molecule has 83 heavy (non-hydrogen) atoms. The fourth-order valence-corrected chi connectivity index (χ4v) is 17.6. The fraction of sp³-hybridized carbons (Fsp3) is 0.443. The number of anilines is 6. The minimum absolute atomic E-state index is 0.00253. The molecule has 8 aromatic rings. The number of hydrogen-bond acceptors (Lipinski definition) is 3. The van der Waals surface area contributed by atoms with Crippen molar-refractivity contribution in [3.8, 4) is 22.3 Å². The SMILES string of the molecule is CC1(C)CCC(C)(C)c2cc(N3c4cc5c(cc4B4c6oc7cc8c(cc7c6N(c6ccc7c(c6)C(C)(C)CCC7(C)C)c6cc(-c7ccc9c(c7)C(C)(C)c7ccccc7-9)cc3c64)C(C)(C)CCC8(C)C)C(C)(C)CCC5(C)C)ccc21. The lowest BCUT2D eigenvalue weighted by Gasteiger charge is -2.47. The maximum absolute atomic E-state index is 7.92. The summed E-state index contributed by atoms with van der Waals surface area (Å²) >= 11 is 0. The molecule has 4 heteroatoms. The second-order valence-electron chi connectivity index (χ2n) is 33.2. The molecule has 3 nitrogen and oxygen atoms in total. The summed E-state index contributed by atoms with van der Waals surface area (Å²) in [6.45, 7) is 44.4. The van der Waals surface area contributed by atoms with Gasteiger partial charge in [0, 0.05) is 39.2 Å². The normalized spacial score (nSPS) is 22.0. The van der Waals surface area contributed by atoms with Crippen molar-refractivity contribution in [3.63, 3.8) is 0 Å². The smallest absolute Gasteiger partial charge is 0.297 e. The van der Waals surface area contributed by atoms with Crippen molar-refractivity contribution >= 4 is 68.4 Å². The van der Waals surface area contributed by atoms with Gasteiger partial charge in [-0.25, -0.2) is 0 Å². The summed E-state index contributed by atoms with van der Waals surface area (Å²) in [5.74, 6) is 0. The summed E-state index contributed by atoms with van der Waals surface area (Å²) in [5, 5.41) is 1.22. The molecule has 0 bridgehead atoms. The Morgan fingerprint density at radius 2 is 0.795 bits per heavy atom. The third-order valence-electron chi connectivity index (χ3n) is 23.7. The second kappa shape index (κ2) is 16.6. The highest BCUT2D eigenvalue weighted by Gasteiger charge is 2.51. The average Bonchev–Trinajstić information content (AvgIpc) is 3.11. The minimum atomic E-state index is -0.169. The van der Waals surface area contributed by atoms with Gasteiger partial charge in [0.1, 0.15) is 5.58 Å². The lowest BCUT2D eigenvalue weighted by Crippen LogP contribution is -2.61. The van der Waals surface area contributed by atoms with E-state index in [9.17, 15) is 0 Å². The average molecular weight is 1090 g/mol. The van der Waals surface area contributed by atoms with E-state index in [0.717, 1.165) is 49.8 Å². The summed E-state index contributed by atoms with van der Waals surface area (Å²) in [6.07, 6.45) is 9.26. The Labute approximate surface area is 497 Å². The first-order chi connectivity index (χ1) is 38.8. The van der Waals surface area contributed by atoms with Crippen LogP contribution >= 0.6 is 0 Å². The first-order valence-corrected chi connectivity index (χ1v) is 31.9. The molecule has 424 valence electrons. The van der Waals surface area contributed by atoms with Crippen molar-refractivity contribution in [2.24, 2.45) is 0 Å². The zero-order valence-electron chi connectivity index (χ0n) is 53.5. The zero-order valence-corrected chi connectivity index (χ0v) is 53.5. The molecule has 0 unspecified atom stereocenters. The quantitative estimate of drug-likeness (QED) is 0.164. The monoisotopic (exact) mass is 1090 g/mol. The Morgan fingerprint density at radius 1 is 0.349 bits per heavy atom. The van der Waals surface area contributed by atoms with Gasteiger partial charge in [0.15, 0.2) is 0 Å². The van der Waals surface area contributed by atoms with Crippen LogP contribution in [0.3, 0.4) is 0 Å². The molecule has 0 amide bonds. The molecule has 7 aliphatic rings. The molecule has 0 N–H and O–H groups in total. The first kappa shape index (κ1) is 53.5. The highest BCUT2D eigenvalue weighted by atomic mass is 16.3. The van der Waals surface area contributed by atoms with E-state index in [1.54, 1.807) is 0 Å². The van der Waals surface area contributed by atoms with Gasteiger partial charge in [-0.2, -0.15) is 0 Å². The van der Waals surface area contributed by atoms with Crippen molar-refractivity contribution in [1.82, 2.24) is 0 Å². The van der Waals surface area contributed by atoms with Crippen molar-refractivity contribution in [3.05, 3.63) is 171 Å². The third kappa shape index (κ3) is 7.41. The van der Waals surface area contributed by atoms with Crippen LogP contribution in [0.15, 0.2) is 120 Å². The van der Waals surface area contributed by atoms with Crippen LogP contribution in [0, 0.1) is 0 Å². The van der Waals surface area contributed by atoms with Crippen LogP contribution in [-0.2, 0) is 48.7 Å². The summed E-state index contributed by atoms with van der Waals surface area (Å²) in [6, 6.07) is 47.4. The van der Waals surface area contributed by atoms with Gasteiger partial charge in [-0.15, -0.1) is 0 Å². The molecular formula is C79H89BN2O. The van der Waals surface area contributed by atoms with Crippen molar-refractivity contribution < 1.29 is 4.42 Å². The second-order valence-corrected chi connectivity index (χ2v) is 33.2. The largest absolute Gasteiger partial charge is 0.468 e. The molecule has 0 radical (unpaired) electrons. The Balaban J connectivity index is 1.10. The van der Waals surface area contributed by atoms with Crippen LogP contribution in [-0.4, -0.2) is 6.71 Å². The van der Waals surface area contributed by atoms with E-state index >= 15 is 0 Å². The van der Waals surface area contributed by atoms with E-state index in [4.69, 9.17) is 4.42 Å². The van der Waals surface area contributed by atoms with Crippen LogP contribution < -0.4 is 26.4 Å². The number of nitrogens with zero attached hydrogens (tertiary/aromatic N) is 2. The van der Waals surface area contributed by atoms with Crippen LogP contribution in [0.4, 0.5) is 34.1 Å². The van der Waals surface area contributed by atoms with Crippen LogP contribution in [0.5, 0.6) is 0 Å². The molecule has 15 rings (SSSR count).